The standard InChI is InChI=1S/C25H19FN2O4S2/c1-31-21-13-16(11-12-20(21)32-15-18-9-5-6-10-19(18)26)14-22-24(30)28(25(33)34-22)27-23(29)17-7-3-2-4-8-17/h2-14H,15H2,1H3,(H,27,29)/b22-14+. The Morgan fingerprint density at radius 1 is 1.09 bits per heavy atom. The molecule has 0 unspecified atom stereocenters. The van der Waals surface area contributed by atoms with E-state index < -0.39 is 11.8 Å². The zero-order valence-electron chi connectivity index (χ0n) is 18.0. The van der Waals surface area contributed by atoms with Crippen LogP contribution in [0.2, 0.25) is 0 Å². The summed E-state index contributed by atoms with van der Waals surface area (Å²) in [5.74, 6) is -0.350. The summed E-state index contributed by atoms with van der Waals surface area (Å²) in [5.41, 5.74) is 4.06. The van der Waals surface area contributed by atoms with Crippen LogP contribution in [0.1, 0.15) is 21.5 Å². The van der Waals surface area contributed by atoms with Crippen molar-refractivity contribution < 1.29 is 23.5 Å². The van der Waals surface area contributed by atoms with Gasteiger partial charge in [-0.2, -0.15) is 5.01 Å². The van der Waals surface area contributed by atoms with Gasteiger partial charge in [0.15, 0.2) is 15.8 Å². The highest BCUT2D eigenvalue weighted by atomic mass is 32.2. The number of ether oxygens (including phenoxy) is 2. The molecule has 9 heteroatoms. The lowest BCUT2D eigenvalue weighted by Crippen LogP contribution is -2.44. The Hall–Kier alpha value is -3.69. The molecule has 3 aromatic rings. The minimum atomic E-state index is -0.434. The third kappa shape index (κ3) is 5.27. The van der Waals surface area contributed by atoms with Crippen molar-refractivity contribution in [1.29, 1.82) is 0 Å². The first-order chi connectivity index (χ1) is 16.5. The van der Waals surface area contributed by atoms with Crippen molar-refractivity contribution in [2.75, 3.05) is 7.11 Å². The normalized spacial score (nSPS) is 14.4. The molecule has 0 spiro atoms. The van der Waals surface area contributed by atoms with Crippen molar-refractivity contribution in [2.24, 2.45) is 0 Å². The molecule has 1 aliphatic heterocycles. The summed E-state index contributed by atoms with van der Waals surface area (Å²) in [4.78, 5) is 25.6. The number of halogens is 1. The van der Waals surface area contributed by atoms with E-state index in [1.54, 1.807) is 72.8 Å². The zero-order valence-corrected chi connectivity index (χ0v) is 19.6. The van der Waals surface area contributed by atoms with Crippen LogP contribution < -0.4 is 14.9 Å². The fourth-order valence-electron chi connectivity index (χ4n) is 3.14. The highest BCUT2D eigenvalue weighted by Crippen LogP contribution is 2.34. The van der Waals surface area contributed by atoms with Gasteiger partial charge in [-0.05, 0) is 54.2 Å². The van der Waals surface area contributed by atoms with E-state index in [0.29, 0.717) is 33.1 Å². The van der Waals surface area contributed by atoms with E-state index in [1.165, 1.54) is 13.2 Å². The third-order valence-electron chi connectivity index (χ3n) is 4.87. The first kappa shape index (κ1) is 23.5. The number of carbonyl (C=O) groups excluding carboxylic acids is 2. The second-order valence-corrected chi connectivity index (χ2v) is 8.79. The molecule has 0 atom stereocenters. The minimum absolute atomic E-state index is 0.0438. The number of rotatable bonds is 7. The van der Waals surface area contributed by atoms with Crippen LogP contribution in [-0.2, 0) is 11.4 Å². The number of thiocarbonyl (C=S) groups is 1. The lowest BCUT2D eigenvalue weighted by Gasteiger charge is -2.15. The summed E-state index contributed by atoms with van der Waals surface area (Å²) in [6, 6.07) is 20.0. The minimum Gasteiger partial charge on any atom is -0.493 e. The Balaban J connectivity index is 1.47. The van der Waals surface area contributed by atoms with Gasteiger partial charge in [-0.15, -0.1) is 0 Å². The Bertz CT molecular complexity index is 1280. The predicted octanol–water partition coefficient (Wildman–Crippen LogP) is 4.96. The molecule has 3 aromatic carbocycles. The third-order valence-corrected chi connectivity index (χ3v) is 6.17. The van der Waals surface area contributed by atoms with Crippen LogP contribution in [0.4, 0.5) is 4.39 Å². The zero-order chi connectivity index (χ0) is 24.1. The molecular formula is C25H19FN2O4S2. The highest BCUT2D eigenvalue weighted by molar-refractivity contribution is 8.26. The monoisotopic (exact) mass is 494 g/mol. The molecule has 0 bridgehead atoms. The molecule has 0 saturated carbocycles. The molecule has 1 heterocycles. The maximum absolute atomic E-state index is 13.8. The van der Waals surface area contributed by atoms with Crippen LogP contribution in [-0.4, -0.2) is 28.3 Å². The molecule has 1 fully saturated rings. The van der Waals surface area contributed by atoms with Gasteiger partial charge >= 0.3 is 0 Å². The van der Waals surface area contributed by atoms with Crippen molar-refractivity contribution in [2.45, 2.75) is 6.61 Å². The number of methoxy groups -OCH3 is 1. The van der Waals surface area contributed by atoms with Gasteiger partial charge in [0.05, 0.1) is 12.0 Å². The molecule has 172 valence electrons. The number of hydrogen-bond donors (Lipinski definition) is 1. The van der Waals surface area contributed by atoms with Gasteiger partial charge in [0.1, 0.15) is 12.4 Å². The van der Waals surface area contributed by atoms with E-state index in [2.05, 4.69) is 5.43 Å². The average Bonchev–Trinajstić information content (AvgIpc) is 3.11. The van der Waals surface area contributed by atoms with Gasteiger partial charge in [0.25, 0.3) is 11.8 Å². The first-order valence-electron chi connectivity index (χ1n) is 10.1. The SMILES string of the molecule is COc1cc(/C=C2/SC(=S)N(NC(=O)c3ccccc3)C2=O)ccc1OCc1ccccc1F. The van der Waals surface area contributed by atoms with Crippen molar-refractivity contribution >= 4 is 46.2 Å². The molecule has 6 nitrogen and oxygen atoms in total. The quantitative estimate of drug-likeness (QED) is 0.370. The second kappa shape index (κ2) is 10.5. The Kier molecular flexibility index (Phi) is 7.24. The van der Waals surface area contributed by atoms with Crippen LogP contribution >= 0.6 is 24.0 Å². The second-order valence-electron chi connectivity index (χ2n) is 7.11. The predicted molar refractivity (Wildman–Crippen MR) is 133 cm³/mol. The van der Waals surface area contributed by atoms with Crippen molar-refractivity contribution in [3.8, 4) is 11.5 Å². The summed E-state index contributed by atoms with van der Waals surface area (Å²) in [6.07, 6.45) is 1.65. The van der Waals surface area contributed by atoms with E-state index in [-0.39, 0.29) is 16.7 Å². The van der Waals surface area contributed by atoms with Crippen molar-refractivity contribution in [3.63, 3.8) is 0 Å². The number of carbonyl (C=O) groups is 2. The molecule has 1 saturated heterocycles. The van der Waals surface area contributed by atoms with Crippen LogP contribution in [0.25, 0.3) is 6.08 Å². The number of amides is 2. The highest BCUT2D eigenvalue weighted by Gasteiger charge is 2.33. The van der Waals surface area contributed by atoms with Crippen LogP contribution in [0.3, 0.4) is 0 Å². The van der Waals surface area contributed by atoms with Crippen molar-refractivity contribution in [1.82, 2.24) is 10.4 Å². The largest absolute Gasteiger partial charge is 0.493 e. The average molecular weight is 495 g/mol. The smallest absolute Gasteiger partial charge is 0.285 e. The van der Waals surface area contributed by atoms with Gasteiger partial charge in [-0.25, -0.2) is 4.39 Å². The Morgan fingerprint density at radius 3 is 2.56 bits per heavy atom. The van der Waals surface area contributed by atoms with Crippen LogP contribution in [0, 0.1) is 5.82 Å². The van der Waals surface area contributed by atoms with Crippen LogP contribution in [0.5, 0.6) is 11.5 Å². The molecule has 1 aliphatic rings. The first-order valence-corrected chi connectivity index (χ1v) is 11.4. The molecule has 2 amide bonds. The van der Waals surface area contributed by atoms with Crippen LogP contribution in [0.15, 0.2) is 77.7 Å². The fourth-order valence-corrected chi connectivity index (χ4v) is 4.31. The van der Waals surface area contributed by atoms with Gasteiger partial charge in [-0.3, -0.25) is 15.0 Å². The van der Waals surface area contributed by atoms with Gasteiger partial charge in [-0.1, -0.05) is 54.2 Å². The Morgan fingerprint density at radius 2 is 1.82 bits per heavy atom. The van der Waals surface area contributed by atoms with Gasteiger partial charge in [0, 0.05) is 11.1 Å². The lowest BCUT2D eigenvalue weighted by atomic mass is 10.1. The van der Waals surface area contributed by atoms with E-state index >= 15 is 0 Å². The molecule has 0 radical (unpaired) electrons. The van der Waals surface area contributed by atoms with Gasteiger partial charge in [0.2, 0.25) is 0 Å². The van der Waals surface area contributed by atoms with E-state index in [0.717, 1.165) is 16.8 Å². The molecule has 0 aliphatic carbocycles. The molecule has 1 N–H and O–H groups in total. The summed E-state index contributed by atoms with van der Waals surface area (Å²) in [5, 5.41) is 1.06. The van der Waals surface area contributed by atoms with Crippen molar-refractivity contribution in [3.05, 3.63) is 100 Å². The van der Waals surface area contributed by atoms with E-state index in [1.807, 2.05) is 0 Å². The number of benzene rings is 3. The van der Waals surface area contributed by atoms with E-state index in [9.17, 15) is 14.0 Å². The summed E-state index contributed by atoms with van der Waals surface area (Å²) in [7, 11) is 1.49. The maximum atomic E-state index is 13.8. The van der Waals surface area contributed by atoms with E-state index in [4.69, 9.17) is 21.7 Å². The maximum Gasteiger partial charge on any atom is 0.285 e. The lowest BCUT2D eigenvalue weighted by molar-refractivity contribution is -0.123. The number of hydrogen-bond acceptors (Lipinski definition) is 6. The summed E-state index contributed by atoms with van der Waals surface area (Å²) < 4.78 is 25.2. The fraction of sp³-hybridized carbons (Fsp3) is 0.0800. The summed E-state index contributed by atoms with van der Waals surface area (Å²) >= 11 is 6.36. The topological polar surface area (TPSA) is 67.9 Å². The number of thioether (sulfide) groups is 1. The number of nitrogens with one attached hydrogen (secondary N) is 1. The molecule has 34 heavy (non-hydrogen) atoms. The molecule has 4 rings (SSSR count). The number of nitrogens with zero attached hydrogens (tertiary/aromatic N) is 1. The molecular weight excluding hydrogens is 475 g/mol. The Labute approximate surface area is 205 Å². The van der Waals surface area contributed by atoms with Gasteiger partial charge < -0.3 is 9.47 Å². The summed E-state index contributed by atoms with van der Waals surface area (Å²) in [6.45, 7) is 0.0438. The number of hydrazine groups is 1. The molecule has 0 aromatic heterocycles.